The molecule has 0 unspecified atom stereocenters. The quantitative estimate of drug-likeness (QED) is 0.895. The molecule has 112 valence electrons. The summed E-state index contributed by atoms with van der Waals surface area (Å²) in [5.74, 6) is 0. The van der Waals surface area contributed by atoms with Gasteiger partial charge in [-0.25, -0.2) is 13.6 Å². The zero-order valence-corrected chi connectivity index (χ0v) is 12.8. The summed E-state index contributed by atoms with van der Waals surface area (Å²) >= 11 is 5.86. The van der Waals surface area contributed by atoms with Crippen LogP contribution in [-0.2, 0) is 29.5 Å². The van der Waals surface area contributed by atoms with E-state index in [2.05, 4.69) is 10.4 Å². The number of hydrogen-bond acceptors (Lipinski definition) is 4. The first-order chi connectivity index (χ1) is 9.95. The van der Waals surface area contributed by atoms with E-state index < -0.39 is 10.0 Å². The van der Waals surface area contributed by atoms with Crippen molar-refractivity contribution in [3.05, 3.63) is 40.7 Å². The predicted octanol–water partition coefficient (Wildman–Crippen LogP) is 1.74. The van der Waals surface area contributed by atoms with Gasteiger partial charge in [-0.2, -0.15) is 5.10 Å². The van der Waals surface area contributed by atoms with Gasteiger partial charge in [0.05, 0.1) is 11.2 Å². The highest BCUT2D eigenvalue weighted by atomic mass is 35.5. The third kappa shape index (κ3) is 2.90. The molecule has 0 fully saturated rings. The van der Waals surface area contributed by atoms with Crippen LogP contribution in [0.4, 0.5) is 5.69 Å². The maximum absolute atomic E-state index is 11.4. The van der Waals surface area contributed by atoms with Gasteiger partial charge in [-0.3, -0.25) is 4.68 Å². The van der Waals surface area contributed by atoms with Crippen LogP contribution in [0.2, 0.25) is 5.02 Å². The summed E-state index contributed by atoms with van der Waals surface area (Å²) in [6, 6.07) is 4.69. The first-order valence-electron chi connectivity index (χ1n) is 6.55. The van der Waals surface area contributed by atoms with Crippen LogP contribution in [0.25, 0.3) is 0 Å². The minimum Gasteiger partial charge on any atom is -0.381 e. The second kappa shape index (κ2) is 5.32. The number of fused-ring (bicyclic) bond motifs is 1. The van der Waals surface area contributed by atoms with Gasteiger partial charge in [0.25, 0.3) is 0 Å². The molecular weight excluding hydrogens is 312 g/mol. The molecule has 0 atom stereocenters. The number of nitrogens with two attached hydrogens (primary N) is 1. The van der Waals surface area contributed by atoms with Gasteiger partial charge in [0.1, 0.15) is 4.90 Å². The highest BCUT2D eigenvalue weighted by molar-refractivity contribution is 7.89. The van der Waals surface area contributed by atoms with Crippen molar-refractivity contribution in [2.24, 2.45) is 5.14 Å². The van der Waals surface area contributed by atoms with Crippen LogP contribution in [-0.4, -0.2) is 18.2 Å². The number of primary sulfonamides is 1. The molecule has 3 N–H and O–H groups in total. The Morgan fingerprint density at radius 3 is 3.00 bits per heavy atom. The number of rotatable bonds is 4. The smallest absolute Gasteiger partial charge is 0.239 e. The van der Waals surface area contributed by atoms with Gasteiger partial charge in [0, 0.05) is 30.0 Å². The summed E-state index contributed by atoms with van der Waals surface area (Å²) < 4.78 is 24.9. The lowest BCUT2D eigenvalue weighted by molar-refractivity contribution is 0.598. The van der Waals surface area contributed by atoms with Crippen LogP contribution in [0.1, 0.15) is 17.7 Å². The van der Waals surface area contributed by atoms with E-state index in [9.17, 15) is 8.42 Å². The van der Waals surface area contributed by atoms with Crippen molar-refractivity contribution < 1.29 is 8.42 Å². The summed E-state index contributed by atoms with van der Waals surface area (Å²) in [4.78, 5) is -0.0746. The van der Waals surface area contributed by atoms with Crippen molar-refractivity contribution in [2.45, 2.75) is 30.8 Å². The standard InChI is InChI=1S/C13H15ClN4O2S/c14-11-4-3-10(6-13(11)21(15,19)20)16-7-9-8-17-18-5-1-2-12(9)18/h3-4,6,8,16H,1-2,5,7H2,(H2,15,19,20). The Bertz CT molecular complexity index is 785. The van der Waals surface area contributed by atoms with Gasteiger partial charge in [-0.15, -0.1) is 0 Å². The number of sulfonamides is 1. The van der Waals surface area contributed by atoms with Crippen molar-refractivity contribution >= 4 is 27.3 Å². The third-order valence-electron chi connectivity index (χ3n) is 3.54. The largest absolute Gasteiger partial charge is 0.381 e. The van der Waals surface area contributed by atoms with Gasteiger partial charge < -0.3 is 5.32 Å². The molecule has 1 aromatic carbocycles. The molecule has 1 aliphatic heterocycles. The monoisotopic (exact) mass is 326 g/mol. The Labute approximate surface area is 128 Å². The zero-order chi connectivity index (χ0) is 15.0. The van der Waals surface area contributed by atoms with E-state index in [4.69, 9.17) is 16.7 Å². The Kier molecular flexibility index (Phi) is 3.64. The Morgan fingerprint density at radius 2 is 2.24 bits per heavy atom. The predicted molar refractivity (Wildman–Crippen MR) is 80.7 cm³/mol. The number of nitrogens with one attached hydrogen (secondary N) is 1. The van der Waals surface area contributed by atoms with Gasteiger partial charge in [0.15, 0.2) is 0 Å². The van der Waals surface area contributed by atoms with E-state index in [1.165, 1.54) is 17.8 Å². The summed E-state index contributed by atoms with van der Waals surface area (Å²) in [6.45, 7) is 1.55. The van der Waals surface area contributed by atoms with Crippen molar-refractivity contribution in [1.82, 2.24) is 9.78 Å². The van der Waals surface area contributed by atoms with Crippen LogP contribution in [0.3, 0.4) is 0 Å². The molecule has 2 heterocycles. The molecule has 2 aromatic rings. The second-order valence-corrected chi connectivity index (χ2v) is 6.92. The molecule has 1 aromatic heterocycles. The van der Waals surface area contributed by atoms with Crippen molar-refractivity contribution in [1.29, 1.82) is 0 Å². The SMILES string of the molecule is NS(=O)(=O)c1cc(NCc2cnn3c2CCC3)ccc1Cl. The Balaban J connectivity index is 1.79. The average Bonchev–Trinajstić information content (AvgIpc) is 3.00. The van der Waals surface area contributed by atoms with E-state index in [0.717, 1.165) is 24.9 Å². The van der Waals surface area contributed by atoms with Gasteiger partial charge >= 0.3 is 0 Å². The number of benzene rings is 1. The molecule has 0 saturated heterocycles. The van der Waals surface area contributed by atoms with Crippen LogP contribution < -0.4 is 10.5 Å². The fraction of sp³-hybridized carbons (Fsp3) is 0.308. The lowest BCUT2D eigenvalue weighted by Crippen LogP contribution is -2.13. The number of aryl methyl sites for hydroxylation is 1. The van der Waals surface area contributed by atoms with Crippen LogP contribution in [0.5, 0.6) is 0 Å². The first-order valence-corrected chi connectivity index (χ1v) is 8.47. The highest BCUT2D eigenvalue weighted by Crippen LogP contribution is 2.25. The van der Waals surface area contributed by atoms with E-state index in [-0.39, 0.29) is 9.92 Å². The minimum atomic E-state index is -3.83. The van der Waals surface area contributed by atoms with Gasteiger partial charge in [0.2, 0.25) is 10.0 Å². The molecule has 0 bridgehead atoms. The molecule has 3 rings (SSSR count). The maximum Gasteiger partial charge on any atom is 0.239 e. The first kappa shape index (κ1) is 14.4. The lowest BCUT2D eigenvalue weighted by atomic mass is 10.2. The molecule has 0 amide bonds. The van der Waals surface area contributed by atoms with Crippen LogP contribution >= 0.6 is 11.6 Å². The van der Waals surface area contributed by atoms with Crippen molar-refractivity contribution in [3.63, 3.8) is 0 Å². The number of nitrogens with zero attached hydrogens (tertiary/aromatic N) is 2. The van der Waals surface area contributed by atoms with E-state index in [1.807, 2.05) is 10.9 Å². The third-order valence-corrected chi connectivity index (χ3v) is 4.93. The molecule has 0 saturated carbocycles. The van der Waals surface area contributed by atoms with E-state index >= 15 is 0 Å². The Morgan fingerprint density at radius 1 is 1.43 bits per heavy atom. The lowest BCUT2D eigenvalue weighted by Gasteiger charge is -2.09. The zero-order valence-electron chi connectivity index (χ0n) is 11.2. The number of aromatic nitrogens is 2. The molecule has 0 spiro atoms. The molecular formula is C13H15ClN4O2S. The fourth-order valence-corrected chi connectivity index (χ4v) is 3.58. The van der Waals surface area contributed by atoms with Gasteiger partial charge in [-0.1, -0.05) is 11.6 Å². The van der Waals surface area contributed by atoms with Crippen molar-refractivity contribution in [2.75, 3.05) is 5.32 Å². The normalized spacial score (nSPS) is 14.2. The highest BCUT2D eigenvalue weighted by Gasteiger charge is 2.17. The summed E-state index contributed by atoms with van der Waals surface area (Å²) in [6.07, 6.45) is 3.99. The molecule has 0 aliphatic carbocycles. The number of halogens is 1. The molecule has 1 aliphatic rings. The summed E-state index contributed by atoms with van der Waals surface area (Å²) in [5, 5.41) is 12.8. The second-order valence-electron chi connectivity index (χ2n) is 4.99. The van der Waals surface area contributed by atoms with Crippen molar-refractivity contribution in [3.8, 4) is 0 Å². The summed E-state index contributed by atoms with van der Waals surface area (Å²) in [5.41, 5.74) is 3.02. The van der Waals surface area contributed by atoms with Crippen LogP contribution in [0.15, 0.2) is 29.3 Å². The minimum absolute atomic E-state index is 0.0746. The maximum atomic E-state index is 11.4. The summed E-state index contributed by atoms with van der Waals surface area (Å²) in [7, 11) is -3.83. The molecule has 8 heteroatoms. The number of anilines is 1. The Hall–Kier alpha value is -1.57. The molecule has 21 heavy (non-hydrogen) atoms. The fourth-order valence-electron chi connectivity index (χ4n) is 2.50. The average molecular weight is 327 g/mol. The topological polar surface area (TPSA) is 90.0 Å². The van der Waals surface area contributed by atoms with Gasteiger partial charge in [-0.05, 0) is 31.0 Å². The molecule has 0 radical (unpaired) electrons. The molecule has 6 nitrogen and oxygen atoms in total. The number of hydrogen-bond donors (Lipinski definition) is 2. The van der Waals surface area contributed by atoms with E-state index in [1.54, 1.807) is 6.07 Å². The van der Waals surface area contributed by atoms with E-state index in [0.29, 0.717) is 12.2 Å². The van der Waals surface area contributed by atoms with Crippen LogP contribution in [0, 0.1) is 0 Å².